The number of rotatable bonds is 2. The molecule has 5 heteroatoms. The Morgan fingerprint density at radius 3 is 2.40 bits per heavy atom. The summed E-state index contributed by atoms with van der Waals surface area (Å²) in [6.45, 7) is 1.64. The van der Waals surface area contributed by atoms with E-state index >= 15 is 0 Å². The molecule has 0 aliphatic heterocycles. The molecule has 0 aromatic heterocycles. The summed E-state index contributed by atoms with van der Waals surface area (Å²) in [5.41, 5.74) is 0.661. The molecular formula is C10H11Cl2N3. The molecule has 0 atom stereocenters. The third-order valence-electron chi connectivity index (χ3n) is 1.85. The van der Waals surface area contributed by atoms with E-state index in [1.165, 1.54) is 5.01 Å². The minimum Gasteiger partial charge on any atom is -0.287 e. The van der Waals surface area contributed by atoms with Gasteiger partial charge in [0.05, 0.1) is 16.3 Å². The van der Waals surface area contributed by atoms with Crippen LogP contribution in [0.1, 0.15) is 12.5 Å². The van der Waals surface area contributed by atoms with E-state index in [1.54, 1.807) is 38.4 Å². The van der Waals surface area contributed by atoms with Crippen molar-refractivity contribution in [2.45, 2.75) is 6.92 Å². The van der Waals surface area contributed by atoms with Gasteiger partial charge in [0.2, 0.25) is 0 Å². The molecule has 1 aromatic rings. The largest absolute Gasteiger partial charge is 0.287 e. The lowest BCUT2D eigenvalue weighted by atomic mass is 10.2. The SMILES string of the molecule is CC(=N)N(C)/N=C/c1c(Cl)cccc1Cl. The second-order valence-corrected chi connectivity index (χ2v) is 3.80. The quantitative estimate of drug-likeness (QED) is 0.484. The van der Waals surface area contributed by atoms with E-state index in [2.05, 4.69) is 5.10 Å². The molecule has 1 rings (SSSR count). The predicted octanol–water partition coefficient (Wildman–Crippen LogP) is 3.26. The minimum atomic E-state index is 0.342. The summed E-state index contributed by atoms with van der Waals surface area (Å²) in [7, 11) is 1.68. The van der Waals surface area contributed by atoms with Crippen molar-refractivity contribution in [3.63, 3.8) is 0 Å². The van der Waals surface area contributed by atoms with E-state index in [-0.39, 0.29) is 0 Å². The molecule has 0 radical (unpaired) electrons. The standard InChI is InChI=1S/C10H11Cl2N3/c1-7(13)15(2)14-6-8-9(11)4-3-5-10(8)12/h3-6,13H,1-2H3/b13-7?,14-6+. The van der Waals surface area contributed by atoms with Crippen molar-refractivity contribution in [3.05, 3.63) is 33.8 Å². The van der Waals surface area contributed by atoms with Gasteiger partial charge in [-0.25, -0.2) is 0 Å². The topological polar surface area (TPSA) is 39.5 Å². The van der Waals surface area contributed by atoms with Gasteiger partial charge in [-0.1, -0.05) is 29.3 Å². The number of hydrogen-bond acceptors (Lipinski definition) is 2. The van der Waals surface area contributed by atoms with Crippen molar-refractivity contribution >= 4 is 35.3 Å². The summed E-state index contributed by atoms with van der Waals surface area (Å²) in [5, 5.41) is 13.9. The van der Waals surface area contributed by atoms with Crippen molar-refractivity contribution < 1.29 is 0 Å². The van der Waals surface area contributed by atoms with Gasteiger partial charge in [-0.2, -0.15) is 5.10 Å². The maximum absolute atomic E-state index is 7.32. The molecule has 0 unspecified atom stereocenters. The van der Waals surface area contributed by atoms with E-state index in [9.17, 15) is 0 Å². The highest BCUT2D eigenvalue weighted by Gasteiger charge is 2.02. The van der Waals surface area contributed by atoms with Crippen LogP contribution < -0.4 is 0 Å². The fourth-order valence-corrected chi connectivity index (χ4v) is 1.36. The van der Waals surface area contributed by atoms with Gasteiger partial charge in [0.25, 0.3) is 0 Å². The van der Waals surface area contributed by atoms with Crippen molar-refractivity contribution in [1.82, 2.24) is 5.01 Å². The maximum Gasteiger partial charge on any atom is 0.113 e. The van der Waals surface area contributed by atoms with Crippen LogP contribution in [0.2, 0.25) is 10.0 Å². The van der Waals surface area contributed by atoms with Crippen LogP contribution in [0.25, 0.3) is 0 Å². The third kappa shape index (κ3) is 3.22. The van der Waals surface area contributed by atoms with Crippen LogP contribution >= 0.6 is 23.2 Å². The van der Waals surface area contributed by atoms with E-state index in [0.29, 0.717) is 21.4 Å². The molecule has 1 N–H and O–H groups in total. The van der Waals surface area contributed by atoms with E-state index in [1.807, 2.05) is 0 Å². The molecule has 1 aromatic carbocycles. The summed E-state index contributed by atoms with van der Waals surface area (Å²) >= 11 is 11.9. The molecule has 0 heterocycles. The van der Waals surface area contributed by atoms with Crippen LogP contribution in [0.15, 0.2) is 23.3 Å². The van der Waals surface area contributed by atoms with Gasteiger partial charge in [0, 0.05) is 12.6 Å². The Kier molecular flexibility index (Phi) is 4.12. The fourth-order valence-electron chi connectivity index (χ4n) is 0.865. The van der Waals surface area contributed by atoms with Crippen molar-refractivity contribution in [3.8, 4) is 0 Å². The predicted molar refractivity (Wildman–Crippen MR) is 65.2 cm³/mol. The lowest BCUT2D eigenvalue weighted by Crippen LogP contribution is -2.16. The normalized spacial score (nSPS) is 10.7. The Labute approximate surface area is 98.8 Å². The molecule has 15 heavy (non-hydrogen) atoms. The first kappa shape index (κ1) is 12.0. The highest BCUT2D eigenvalue weighted by molar-refractivity contribution is 6.38. The van der Waals surface area contributed by atoms with Crippen LogP contribution in [0.4, 0.5) is 0 Å². The molecule has 0 amide bonds. The molecule has 0 saturated carbocycles. The van der Waals surface area contributed by atoms with Crippen LogP contribution in [-0.2, 0) is 0 Å². The number of hydrazone groups is 1. The lowest BCUT2D eigenvalue weighted by molar-refractivity contribution is 0.540. The molecule has 0 saturated heterocycles. The second kappa shape index (κ2) is 5.14. The van der Waals surface area contributed by atoms with Crippen molar-refractivity contribution in [2.75, 3.05) is 7.05 Å². The zero-order chi connectivity index (χ0) is 11.4. The smallest absolute Gasteiger partial charge is 0.113 e. The Morgan fingerprint density at radius 2 is 1.93 bits per heavy atom. The van der Waals surface area contributed by atoms with Gasteiger partial charge in [0.1, 0.15) is 5.84 Å². The third-order valence-corrected chi connectivity index (χ3v) is 2.50. The van der Waals surface area contributed by atoms with Crippen LogP contribution in [0, 0.1) is 5.41 Å². The molecule has 0 aliphatic carbocycles. The van der Waals surface area contributed by atoms with Gasteiger partial charge in [-0.3, -0.25) is 10.4 Å². The Bertz CT molecular complexity index is 381. The number of benzene rings is 1. The molecule has 80 valence electrons. The first-order valence-electron chi connectivity index (χ1n) is 4.29. The van der Waals surface area contributed by atoms with E-state index in [0.717, 1.165) is 0 Å². The van der Waals surface area contributed by atoms with Crippen molar-refractivity contribution in [1.29, 1.82) is 5.41 Å². The van der Waals surface area contributed by atoms with Gasteiger partial charge < -0.3 is 0 Å². The molecule has 0 fully saturated rings. The number of amidine groups is 1. The fraction of sp³-hybridized carbons (Fsp3) is 0.200. The van der Waals surface area contributed by atoms with Gasteiger partial charge >= 0.3 is 0 Å². The number of hydrogen-bond donors (Lipinski definition) is 1. The zero-order valence-corrected chi connectivity index (χ0v) is 9.97. The minimum absolute atomic E-state index is 0.342. The molecule has 3 nitrogen and oxygen atoms in total. The molecule has 0 aliphatic rings. The zero-order valence-electron chi connectivity index (χ0n) is 8.46. The summed E-state index contributed by atoms with van der Waals surface area (Å²) in [6, 6.07) is 5.26. The Hall–Kier alpha value is -1.06. The van der Waals surface area contributed by atoms with Gasteiger partial charge in [-0.15, -0.1) is 0 Å². The van der Waals surface area contributed by atoms with Crippen LogP contribution in [0.5, 0.6) is 0 Å². The highest BCUT2D eigenvalue weighted by Crippen LogP contribution is 2.22. The van der Waals surface area contributed by atoms with Gasteiger partial charge in [-0.05, 0) is 19.1 Å². The molecule has 0 bridgehead atoms. The lowest BCUT2D eigenvalue weighted by Gasteiger charge is -2.09. The molecular weight excluding hydrogens is 233 g/mol. The number of nitrogens with one attached hydrogen (secondary N) is 1. The first-order valence-corrected chi connectivity index (χ1v) is 5.05. The van der Waals surface area contributed by atoms with E-state index < -0.39 is 0 Å². The highest BCUT2D eigenvalue weighted by atomic mass is 35.5. The van der Waals surface area contributed by atoms with Crippen LogP contribution in [0.3, 0.4) is 0 Å². The summed E-state index contributed by atoms with van der Waals surface area (Å²) in [6.07, 6.45) is 1.54. The Balaban J connectivity index is 2.94. The van der Waals surface area contributed by atoms with Crippen molar-refractivity contribution in [2.24, 2.45) is 5.10 Å². The first-order chi connectivity index (χ1) is 7.02. The molecule has 0 spiro atoms. The maximum atomic E-state index is 7.32. The monoisotopic (exact) mass is 243 g/mol. The Morgan fingerprint density at radius 1 is 1.40 bits per heavy atom. The summed E-state index contributed by atoms with van der Waals surface area (Å²) in [4.78, 5) is 0. The van der Waals surface area contributed by atoms with Gasteiger partial charge in [0.15, 0.2) is 0 Å². The summed E-state index contributed by atoms with van der Waals surface area (Å²) in [5.74, 6) is 0.342. The summed E-state index contributed by atoms with van der Waals surface area (Å²) < 4.78 is 0. The average Bonchev–Trinajstić information content (AvgIpc) is 2.16. The number of halogens is 2. The number of nitrogens with zero attached hydrogens (tertiary/aromatic N) is 2. The van der Waals surface area contributed by atoms with E-state index in [4.69, 9.17) is 28.6 Å². The average molecular weight is 244 g/mol. The second-order valence-electron chi connectivity index (χ2n) is 2.99. The van der Waals surface area contributed by atoms with Crippen LogP contribution in [-0.4, -0.2) is 24.1 Å².